The standard InChI is InChI=1S/C22H22N4O2/c27-22(20-9-5-13-26(20)16-17-6-3-11-23-14-17)25-19-8-1-2-10-21(19)28-18-7-4-12-24-15-18/h1-4,6-8,10-12,14-15,20H,5,9,13,16H2,(H,25,27)/t20-/m0/s1. The van der Waals surface area contributed by atoms with E-state index >= 15 is 0 Å². The number of amides is 1. The number of carbonyl (C=O) groups excluding carboxylic acids is 1. The largest absolute Gasteiger partial charge is 0.454 e. The number of pyridine rings is 2. The number of nitrogens with zero attached hydrogens (tertiary/aromatic N) is 3. The zero-order valence-electron chi connectivity index (χ0n) is 15.5. The van der Waals surface area contributed by atoms with E-state index in [1.165, 1.54) is 0 Å². The second-order valence-electron chi connectivity index (χ2n) is 6.77. The number of aromatic nitrogens is 2. The summed E-state index contributed by atoms with van der Waals surface area (Å²) in [6.45, 7) is 1.63. The molecule has 6 nitrogen and oxygen atoms in total. The molecule has 1 aliphatic rings. The molecule has 0 unspecified atom stereocenters. The van der Waals surface area contributed by atoms with E-state index < -0.39 is 0 Å². The Morgan fingerprint density at radius 2 is 1.89 bits per heavy atom. The minimum Gasteiger partial charge on any atom is -0.454 e. The maximum Gasteiger partial charge on any atom is 0.241 e. The second-order valence-corrected chi connectivity index (χ2v) is 6.77. The number of carbonyl (C=O) groups is 1. The van der Waals surface area contributed by atoms with Gasteiger partial charge in [0.2, 0.25) is 5.91 Å². The van der Waals surface area contributed by atoms with Crippen molar-refractivity contribution < 1.29 is 9.53 Å². The Bertz CT molecular complexity index is 918. The number of para-hydroxylation sites is 2. The van der Waals surface area contributed by atoms with E-state index in [2.05, 4.69) is 20.2 Å². The first kappa shape index (κ1) is 18.1. The summed E-state index contributed by atoms with van der Waals surface area (Å²) in [6.07, 6.45) is 8.80. The number of ether oxygens (including phenoxy) is 1. The van der Waals surface area contributed by atoms with Crippen LogP contribution in [0.1, 0.15) is 18.4 Å². The van der Waals surface area contributed by atoms with E-state index in [0.29, 0.717) is 17.2 Å². The molecule has 1 aliphatic heterocycles. The molecular formula is C22H22N4O2. The third-order valence-corrected chi connectivity index (χ3v) is 4.78. The lowest BCUT2D eigenvalue weighted by molar-refractivity contribution is -0.120. The Labute approximate surface area is 164 Å². The average Bonchev–Trinajstić information content (AvgIpc) is 3.19. The summed E-state index contributed by atoms with van der Waals surface area (Å²) in [4.78, 5) is 23.4. The van der Waals surface area contributed by atoms with E-state index in [1.54, 1.807) is 18.6 Å². The Balaban J connectivity index is 1.46. The van der Waals surface area contributed by atoms with E-state index in [9.17, 15) is 4.79 Å². The molecule has 1 N–H and O–H groups in total. The molecule has 1 aromatic carbocycles. The number of anilines is 1. The van der Waals surface area contributed by atoms with Gasteiger partial charge in [-0.25, -0.2) is 0 Å². The van der Waals surface area contributed by atoms with Crippen LogP contribution in [0.4, 0.5) is 5.69 Å². The van der Waals surface area contributed by atoms with Gasteiger partial charge in [0.25, 0.3) is 0 Å². The third kappa shape index (κ3) is 4.35. The predicted octanol–water partition coefficient (Wildman–Crippen LogP) is 3.87. The van der Waals surface area contributed by atoms with Crippen molar-refractivity contribution in [1.29, 1.82) is 0 Å². The van der Waals surface area contributed by atoms with Crippen LogP contribution in [0.15, 0.2) is 73.3 Å². The average molecular weight is 374 g/mol. The van der Waals surface area contributed by atoms with Gasteiger partial charge in [-0.3, -0.25) is 19.7 Å². The predicted molar refractivity (Wildman–Crippen MR) is 107 cm³/mol. The molecule has 0 bridgehead atoms. The molecule has 0 saturated carbocycles. The first-order chi connectivity index (χ1) is 13.8. The molecule has 0 radical (unpaired) electrons. The Kier molecular flexibility index (Phi) is 5.58. The van der Waals surface area contributed by atoms with Gasteiger partial charge in [0.15, 0.2) is 5.75 Å². The smallest absolute Gasteiger partial charge is 0.241 e. The van der Waals surface area contributed by atoms with Crippen molar-refractivity contribution in [3.63, 3.8) is 0 Å². The van der Waals surface area contributed by atoms with E-state index in [4.69, 9.17) is 4.74 Å². The van der Waals surface area contributed by atoms with Crippen LogP contribution in [0.2, 0.25) is 0 Å². The van der Waals surface area contributed by atoms with Gasteiger partial charge in [0.05, 0.1) is 17.9 Å². The SMILES string of the molecule is O=C(Nc1ccccc1Oc1cccnc1)[C@@H]1CCCN1Cc1cccnc1. The molecule has 142 valence electrons. The maximum atomic E-state index is 13.0. The fourth-order valence-corrected chi connectivity index (χ4v) is 3.45. The maximum absolute atomic E-state index is 13.0. The minimum absolute atomic E-state index is 0.0105. The number of nitrogens with one attached hydrogen (secondary N) is 1. The van der Waals surface area contributed by atoms with Crippen molar-refractivity contribution in [2.75, 3.05) is 11.9 Å². The number of likely N-dealkylation sites (tertiary alicyclic amines) is 1. The Morgan fingerprint density at radius 3 is 2.68 bits per heavy atom. The first-order valence-corrected chi connectivity index (χ1v) is 9.40. The van der Waals surface area contributed by atoms with Gasteiger partial charge in [-0.15, -0.1) is 0 Å². The molecule has 1 saturated heterocycles. The normalized spacial score (nSPS) is 16.6. The van der Waals surface area contributed by atoms with Crippen LogP contribution in [-0.4, -0.2) is 33.4 Å². The van der Waals surface area contributed by atoms with Gasteiger partial charge >= 0.3 is 0 Å². The number of hydrogen-bond acceptors (Lipinski definition) is 5. The molecule has 0 aliphatic carbocycles. The van der Waals surface area contributed by atoms with Crippen molar-refractivity contribution in [3.8, 4) is 11.5 Å². The lowest BCUT2D eigenvalue weighted by Gasteiger charge is -2.24. The Morgan fingerprint density at radius 1 is 1.07 bits per heavy atom. The summed E-state index contributed by atoms with van der Waals surface area (Å²) in [5.41, 5.74) is 1.77. The highest BCUT2D eigenvalue weighted by molar-refractivity contribution is 5.96. The minimum atomic E-state index is -0.161. The number of hydrogen-bond donors (Lipinski definition) is 1. The van der Waals surface area contributed by atoms with Crippen LogP contribution in [0.5, 0.6) is 11.5 Å². The zero-order chi connectivity index (χ0) is 19.2. The third-order valence-electron chi connectivity index (χ3n) is 4.78. The number of rotatable bonds is 6. The topological polar surface area (TPSA) is 67.3 Å². The van der Waals surface area contributed by atoms with Crippen molar-refractivity contribution in [2.24, 2.45) is 0 Å². The Hall–Kier alpha value is -3.25. The summed E-state index contributed by atoms with van der Waals surface area (Å²) in [6, 6.07) is 14.9. The lowest BCUT2D eigenvalue weighted by atomic mass is 10.1. The van der Waals surface area contributed by atoms with Gasteiger partial charge in [-0.05, 0) is 55.3 Å². The van der Waals surface area contributed by atoms with Gasteiger partial charge in [0, 0.05) is 25.1 Å². The molecule has 1 amide bonds. The summed E-state index contributed by atoms with van der Waals surface area (Å²) in [5.74, 6) is 1.22. The van der Waals surface area contributed by atoms with Crippen LogP contribution < -0.4 is 10.1 Å². The molecule has 4 rings (SSSR count). The molecule has 6 heteroatoms. The molecule has 1 fully saturated rings. The number of benzene rings is 1. The summed E-state index contributed by atoms with van der Waals surface area (Å²) in [5, 5.41) is 3.05. The van der Waals surface area contributed by atoms with Crippen molar-refractivity contribution in [3.05, 3.63) is 78.9 Å². The highest BCUT2D eigenvalue weighted by Crippen LogP contribution is 2.30. The monoisotopic (exact) mass is 374 g/mol. The van der Waals surface area contributed by atoms with Crippen LogP contribution in [-0.2, 0) is 11.3 Å². The van der Waals surface area contributed by atoms with E-state index in [-0.39, 0.29) is 11.9 Å². The highest BCUT2D eigenvalue weighted by atomic mass is 16.5. The van der Waals surface area contributed by atoms with Crippen molar-refractivity contribution >= 4 is 11.6 Å². The zero-order valence-corrected chi connectivity index (χ0v) is 15.5. The summed E-state index contributed by atoms with van der Waals surface area (Å²) < 4.78 is 5.90. The molecule has 3 aromatic rings. The van der Waals surface area contributed by atoms with Gasteiger partial charge in [-0.2, -0.15) is 0 Å². The van der Waals surface area contributed by atoms with Gasteiger partial charge in [0.1, 0.15) is 5.75 Å². The van der Waals surface area contributed by atoms with Crippen LogP contribution in [0, 0.1) is 0 Å². The quantitative estimate of drug-likeness (QED) is 0.709. The van der Waals surface area contributed by atoms with Crippen LogP contribution in [0.25, 0.3) is 0 Å². The molecule has 3 heterocycles. The van der Waals surface area contributed by atoms with Crippen molar-refractivity contribution in [1.82, 2.24) is 14.9 Å². The highest BCUT2D eigenvalue weighted by Gasteiger charge is 2.31. The summed E-state index contributed by atoms with van der Waals surface area (Å²) in [7, 11) is 0. The molecule has 2 aromatic heterocycles. The second kappa shape index (κ2) is 8.63. The molecular weight excluding hydrogens is 352 g/mol. The van der Waals surface area contributed by atoms with Crippen LogP contribution in [0.3, 0.4) is 0 Å². The van der Waals surface area contributed by atoms with E-state index in [0.717, 1.165) is 31.5 Å². The first-order valence-electron chi connectivity index (χ1n) is 9.40. The fourth-order valence-electron chi connectivity index (χ4n) is 3.45. The van der Waals surface area contributed by atoms with Gasteiger partial charge in [-0.1, -0.05) is 18.2 Å². The molecule has 1 atom stereocenters. The molecule has 0 spiro atoms. The van der Waals surface area contributed by atoms with Gasteiger partial charge < -0.3 is 10.1 Å². The summed E-state index contributed by atoms with van der Waals surface area (Å²) >= 11 is 0. The van der Waals surface area contributed by atoms with Crippen molar-refractivity contribution in [2.45, 2.75) is 25.4 Å². The molecule has 28 heavy (non-hydrogen) atoms. The lowest BCUT2D eigenvalue weighted by Crippen LogP contribution is -2.39. The van der Waals surface area contributed by atoms with Crippen LogP contribution >= 0.6 is 0 Å². The fraction of sp³-hybridized carbons (Fsp3) is 0.227. The van der Waals surface area contributed by atoms with E-state index in [1.807, 2.05) is 54.7 Å².